The zero-order chi connectivity index (χ0) is 21.4. The van der Waals surface area contributed by atoms with Crippen LogP contribution in [0.15, 0.2) is 24.3 Å². The van der Waals surface area contributed by atoms with Gasteiger partial charge in [0, 0.05) is 11.1 Å². The Kier molecular flexibility index (Phi) is 5.17. The molecule has 0 heterocycles. The van der Waals surface area contributed by atoms with Crippen LogP contribution >= 0.6 is 0 Å². The molecule has 0 aromatic heterocycles. The average molecular weight is 392 g/mol. The molecule has 10 heteroatoms. The van der Waals surface area contributed by atoms with Crippen molar-refractivity contribution in [1.29, 1.82) is 0 Å². The molecule has 0 aliphatic heterocycles. The summed E-state index contributed by atoms with van der Waals surface area (Å²) in [5.41, 5.74) is 0.872. The van der Waals surface area contributed by atoms with Gasteiger partial charge in [-0.25, -0.2) is 5.01 Å². The van der Waals surface area contributed by atoms with E-state index in [0.717, 1.165) is 29.3 Å². The van der Waals surface area contributed by atoms with Crippen molar-refractivity contribution in [2.75, 3.05) is 0 Å². The van der Waals surface area contributed by atoms with Crippen LogP contribution in [0.25, 0.3) is 0 Å². The third kappa shape index (κ3) is 3.95. The van der Waals surface area contributed by atoms with Gasteiger partial charge in [0.2, 0.25) is 0 Å². The lowest BCUT2D eigenvalue weighted by Gasteiger charge is -2.35. The lowest BCUT2D eigenvalue weighted by atomic mass is 10.1. The summed E-state index contributed by atoms with van der Waals surface area (Å²) in [6, 6.07) is 3.63. The molecule has 0 unspecified atom stereocenters. The number of hydrazine groups is 1. The minimum atomic E-state index is -0.975. The fourth-order valence-electron chi connectivity index (χ4n) is 2.28. The number of phenols is 6. The quantitative estimate of drug-likeness (QED) is 0.298. The third-order valence-electron chi connectivity index (χ3n) is 3.74. The molecule has 0 spiro atoms. The molecule has 150 valence electrons. The van der Waals surface area contributed by atoms with Crippen molar-refractivity contribution < 1.29 is 40.2 Å². The lowest BCUT2D eigenvalue weighted by molar-refractivity contribution is 0.0358. The summed E-state index contributed by atoms with van der Waals surface area (Å²) in [6.07, 6.45) is 0. The first-order valence-corrected chi connectivity index (χ1v) is 7.98. The fraction of sp³-hybridized carbons (Fsp3) is 0.222. The molecule has 28 heavy (non-hydrogen) atoms. The summed E-state index contributed by atoms with van der Waals surface area (Å²) >= 11 is 0. The molecule has 0 saturated heterocycles. The smallest absolute Gasteiger partial charge is 0.273 e. The van der Waals surface area contributed by atoms with E-state index < -0.39 is 51.9 Å². The van der Waals surface area contributed by atoms with Gasteiger partial charge in [0.05, 0.1) is 5.54 Å². The second kappa shape index (κ2) is 7.06. The van der Waals surface area contributed by atoms with Gasteiger partial charge in [-0.3, -0.25) is 15.0 Å². The van der Waals surface area contributed by atoms with Crippen LogP contribution in [0.1, 0.15) is 41.5 Å². The van der Waals surface area contributed by atoms with Gasteiger partial charge in [-0.15, -0.1) is 0 Å². The number of amides is 2. The van der Waals surface area contributed by atoms with E-state index in [-0.39, 0.29) is 11.1 Å². The maximum Gasteiger partial charge on any atom is 0.273 e. The molecule has 0 atom stereocenters. The summed E-state index contributed by atoms with van der Waals surface area (Å²) < 4.78 is 0. The Bertz CT molecular complexity index is 903. The molecule has 2 aromatic rings. The Balaban J connectivity index is 2.40. The van der Waals surface area contributed by atoms with Gasteiger partial charge >= 0.3 is 0 Å². The second-order valence-electron chi connectivity index (χ2n) is 6.98. The van der Waals surface area contributed by atoms with E-state index in [1.54, 1.807) is 20.8 Å². The largest absolute Gasteiger partial charge is 0.504 e. The molecule has 7 N–H and O–H groups in total. The topological polar surface area (TPSA) is 171 Å². The van der Waals surface area contributed by atoms with Crippen molar-refractivity contribution in [2.45, 2.75) is 26.3 Å². The van der Waals surface area contributed by atoms with Gasteiger partial charge in [0.1, 0.15) is 0 Å². The maximum absolute atomic E-state index is 12.8. The molecule has 0 aliphatic rings. The molecule has 0 radical (unpaired) electrons. The summed E-state index contributed by atoms with van der Waals surface area (Å²) in [4.78, 5) is 25.3. The van der Waals surface area contributed by atoms with Gasteiger partial charge in [-0.05, 0) is 45.0 Å². The molecule has 0 fully saturated rings. The normalized spacial score (nSPS) is 11.1. The molecule has 0 bridgehead atoms. The van der Waals surface area contributed by atoms with Gasteiger partial charge in [-0.2, -0.15) is 0 Å². The van der Waals surface area contributed by atoms with Crippen LogP contribution in [-0.4, -0.2) is 53.0 Å². The van der Waals surface area contributed by atoms with Crippen LogP contribution in [-0.2, 0) is 0 Å². The van der Waals surface area contributed by atoms with Gasteiger partial charge in [0.15, 0.2) is 34.5 Å². The van der Waals surface area contributed by atoms with E-state index in [2.05, 4.69) is 5.43 Å². The molecule has 2 aromatic carbocycles. The molecule has 10 nitrogen and oxygen atoms in total. The number of carbonyl (C=O) groups excluding carboxylic acids is 2. The third-order valence-corrected chi connectivity index (χ3v) is 3.74. The van der Waals surface area contributed by atoms with Crippen LogP contribution in [0.4, 0.5) is 0 Å². The molecule has 2 amide bonds. The van der Waals surface area contributed by atoms with Crippen LogP contribution in [0, 0.1) is 0 Å². The second-order valence-corrected chi connectivity index (χ2v) is 6.98. The predicted molar refractivity (Wildman–Crippen MR) is 96.3 cm³/mol. The number of rotatable bonds is 2. The summed E-state index contributed by atoms with van der Waals surface area (Å²) in [7, 11) is 0. The van der Waals surface area contributed by atoms with Crippen molar-refractivity contribution in [2.24, 2.45) is 0 Å². The van der Waals surface area contributed by atoms with Crippen molar-refractivity contribution in [1.82, 2.24) is 10.4 Å². The zero-order valence-corrected chi connectivity index (χ0v) is 15.3. The predicted octanol–water partition coefficient (Wildman–Crippen LogP) is 1.51. The van der Waals surface area contributed by atoms with Gasteiger partial charge in [-0.1, -0.05) is 0 Å². The Morgan fingerprint density at radius 3 is 1.46 bits per heavy atom. The Labute approximate surface area is 159 Å². The molecule has 0 aliphatic carbocycles. The number of aromatic hydroxyl groups is 6. The molecule has 2 rings (SSSR count). The van der Waals surface area contributed by atoms with Gasteiger partial charge in [0.25, 0.3) is 11.8 Å². The fourth-order valence-corrected chi connectivity index (χ4v) is 2.28. The highest BCUT2D eigenvalue weighted by molar-refractivity contribution is 6.00. The number of hydrogen-bond acceptors (Lipinski definition) is 8. The van der Waals surface area contributed by atoms with Crippen LogP contribution in [0.2, 0.25) is 0 Å². The first-order valence-electron chi connectivity index (χ1n) is 7.98. The number of nitrogens with zero attached hydrogens (tertiary/aromatic N) is 1. The minimum absolute atomic E-state index is 0.223. The first-order chi connectivity index (χ1) is 12.8. The standard InChI is InChI=1S/C18H20N2O8/c1-18(2,3)20(17(28)9-6-12(23)15(26)13(24)7-9)19-16(27)8-4-10(21)14(25)11(22)5-8/h4-7,21-26H,1-3H3,(H,19,27). The number of nitrogens with one attached hydrogen (secondary N) is 1. The van der Waals surface area contributed by atoms with E-state index in [1.165, 1.54) is 0 Å². The van der Waals surface area contributed by atoms with E-state index in [9.17, 15) is 40.2 Å². The average Bonchev–Trinajstić information content (AvgIpc) is 2.59. The highest BCUT2D eigenvalue weighted by Gasteiger charge is 2.31. The zero-order valence-electron chi connectivity index (χ0n) is 15.3. The van der Waals surface area contributed by atoms with Crippen LogP contribution in [0.5, 0.6) is 34.5 Å². The van der Waals surface area contributed by atoms with E-state index >= 15 is 0 Å². The van der Waals surface area contributed by atoms with Crippen molar-refractivity contribution in [3.05, 3.63) is 35.4 Å². The Morgan fingerprint density at radius 2 is 1.11 bits per heavy atom. The van der Waals surface area contributed by atoms with Crippen molar-refractivity contribution in [3.63, 3.8) is 0 Å². The molecule has 0 saturated carbocycles. The number of carbonyl (C=O) groups is 2. The van der Waals surface area contributed by atoms with Crippen LogP contribution in [0.3, 0.4) is 0 Å². The van der Waals surface area contributed by atoms with Crippen LogP contribution < -0.4 is 5.43 Å². The summed E-state index contributed by atoms with van der Waals surface area (Å²) in [6.45, 7) is 4.78. The Morgan fingerprint density at radius 1 is 0.750 bits per heavy atom. The SMILES string of the molecule is CC(C)(C)N(NC(=O)c1cc(O)c(O)c(O)c1)C(=O)c1cc(O)c(O)c(O)c1. The van der Waals surface area contributed by atoms with Crippen molar-refractivity contribution in [3.8, 4) is 34.5 Å². The number of benzene rings is 2. The monoisotopic (exact) mass is 392 g/mol. The molecular weight excluding hydrogens is 372 g/mol. The highest BCUT2D eigenvalue weighted by Crippen LogP contribution is 2.37. The first kappa shape index (κ1) is 20.5. The molecular formula is C18H20N2O8. The van der Waals surface area contributed by atoms with E-state index in [4.69, 9.17) is 0 Å². The number of hydrogen-bond donors (Lipinski definition) is 7. The maximum atomic E-state index is 12.8. The van der Waals surface area contributed by atoms with Gasteiger partial charge < -0.3 is 30.6 Å². The lowest BCUT2D eigenvalue weighted by Crippen LogP contribution is -2.55. The highest BCUT2D eigenvalue weighted by atomic mass is 16.3. The summed E-state index contributed by atoms with van der Waals surface area (Å²) in [5, 5.41) is 58.0. The van der Waals surface area contributed by atoms with E-state index in [1.807, 2.05) is 0 Å². The number of phenolic OH excluding ortho intramolecular Hbond substituents is 6. The minimum Gasteiger partial charge on any atom is -0.504 e. The summed E-state index contributed by atoms with van der Waals surface area (Å²) in [5.74, 6) is -6.21. The van der Waals surface area contributed by atoms with Crippen molar-refractivity contribution >= 4 is 11.8 Å². The van der Waals surface area contributed by atoms with E-state index in [0.29, 0.717) is 0 Å². The Hall–Kier alpha value is -3.82.